The van der Waals surface area contributed by atoms with Crippen molar-refractivity contribution in [1.82, 2.24) is 0 Å². The first-order valence-corrected chi connectivity index (χ1v) is 4.69. The van der Waals surface area contributed by atoms with Crippen molar-refractivity contribution in [1.29, 1.82) is 0 Å². The first-order chi connectivity index (χ1) is 6.25. The van der Waals surface area contributed by atoms with Gasteiger partial charge in [-0.1, -0.05) is 29.1 Å². The third-order valence-corrected chi connectivity index (χ3v) is 1.62. The summed E-state index contributed by atoms with van der Waals surface area (Å²) in [4.78, 5) is 10.7. The monoisotopic (exact) mass is 260 g/mol. The Bertz CT molecular complexity index is 290. The number of carboxylic acid groups (broad SMARTS) is 1. The molecule has 0 aliphatic rings. The predicted molar refractivity (Wildman–Crippen MR) is 59.1 cm³/mol. The minimum Gasteiger partial charge on any atom is -0.478 e. The van der Waals surface area contributed by atoms with Crippen LogP contribution in [0, 0.1) is 0 Å². The molecule has 0 aromatic carbocycles. The van der Waals surface area contributed by atoms with Gasteiger partial charge < -0.3 is 9.84 Å². The van der Waals surface area contributed by atoms with Crippen molar-refractivity contribution < 1.29 is 14.6 Å². The van der Waals surface area contributed by atoms with Gasteiger partial charge in [-0.05, 0) is 26.0 Å². The van der Waals surface area contributed by atoms with E-state index >= 15 is 0 Å². The van der Waals surface area contributed by atoms with E-state index in [1.165, 1.54) is 13.8 Å². The molecule has 0 spiro atoms. The van der Waals surface area contributed by atoms with E-state index in [-0.39, 0.29) is 5.76 Å². The molecule has 0 saturated heterocycles. The standard InChI is InChI=1S/C10H13BrO3/c1-7(11)5-6-8(2)14-10(3,4)9(12)13/h5-6H,1-2H2,3-4H3,(H,12,13). The Balaban J connectivity index is 4.33. The normalized spacial score (nSPS) is 11.4. The van der Waals surface area contributed by atoms with Crippen LogP contribution in [0.2, 0.25) is 0 Å². The molecule has 14 heavy (non-hydrogen) atoms. The van der Waals surface area contributed by atoms with Gasteiger partial charge in [0.25, 0.3) is 0 Å². The van der Waals surface area contributed by atoms with Crippen LogP contribution in [0.3, 0.4) is 0 Å². The van der Waals surface area contributed by atoms with Crippen molar-refractivity contribution >= 4 is 21.9 Å². The van der Waals surface area contributed by atoms with Crippen molar-refractivity contribution in [3.05, 3.63) is 35.6 Å². The molecule has 0 heterocycles. The number of hydrogen-bond acceptors (Lipinski definition) is 2. The maximum atomic E-state index is 10.7. The lowest BCUT2D eigenvalue weighted by Crippen LogP contribution is -2.34. The van der Waals surface area contributed by atoms with Crippen molar-refractivity contribution in [3.8, 4) is 0 Å². The van der Waals surface area contributed by atoms with Crippen LogP contribution in [0.15, 0.2) is 35.6 Å². The average molecular weight is 261 g/mol. The van der Waals surface area contributed by atoms with Gasteiger partial charge in [0.1, 0.15) is 5.76 Å². The Kier molecular flexibility index (Phi) is 4.63. The highest BCUT2D eigenvalue weighted by Gasteiger charge is 2.29. The summed E-state index contributed by atoms with van der Waals surface area (Å²) < 4.78 is 5.77. The fraction of sp³-hybridized carbons (Fsp3) is 0.300. The molecule has 0 aliphatic carbocycles. The second-order valence-corrected chi connectivity index (χ2v) is 4.18. The van der Waals surface area contributed by atoms with E-state index in [4.69, 9.17) is 9.84 Å². The SMILES string of the molecule is C=C(Br)C=CC(=C)OC(C)(C)C(=O)O. The van der Waals surface area contributed by atoms with Crippen molar-refractivity contribution in [2.24, 2.45) is 0 Å². The highest BCUT2D eigenvalue weighted by atomic mass is 79.9. The molecule has 0 bridgehead atoms. The molecule has 0 fully saturated rings. The molecule has 0 aromatic rings. The fourth-order valence-electron chi connectivity index (χ4n) is 0.589. The Morgan fingerprint density at radius 1 is 1.43 bits per heavy atom. The summed E-state index contributed by atoms with van der Waals surface area (Å²) in [5, 5.41) is 8.75. The topological polar surface area (TPSA) is 46.5 Å². The molecule has 0 saturated carbocycles. The van der Waals surface area contributed by atoms with E-state index in [1.807, 2.05) is 0 Å². The smallest absolute Gasteiger partial charge is 0.347 e. The number of aliphatic carboxylic acids is 1. The number of rotatable bonds is 5. The number of ether oxygens (including phenoxy) is 1. The maximum absolute atomic E-state index is 10.7. The molecule has 0 amide bonds. The van der Waals surface area contributed by atoms with Crippen LogP contribution >= 0.6 is 15.9 Å². The highest BCUT2D eigenvalue weighted by molar-refractivity contribution is 9.11. The number of carboxylic acids is 1. The van der Waals surface area contributed by atoms with Gasteiger partial charge in [0.15, 0.2) is 5.60 Å². The van der Waals surface area contributed by atoms with E-state index in [0.717, 1.165) is 0 Å². The number of hydrogen-bond donors (Lipinski definition) is 1. The molecule has 1 N–H and O–H groups in total. The zero-order valence-electron chi connectivity index (χ0n) is 8.21. The second-order valence-electron chi connectivity index (χ2n) is 3.16. The predicted octanol–water partition coefficient (Wildman–Crippen LogP) is 2.84. The maximum Gasteiger partial charge on any atom is 0.347 e. The first-order valence-electron chi connectivity index (χ1n) is 3.89. The zero-order valence-corrected chi connectivity index (χ0v) is 9.80. The van der Waals surface area contributed by atoms with Gasteiger partial charge in [0.05, 0.1) is 0 Å². The highest BCUT2D eigenvalue weighted by Crippen LogP contribution is 2.15. The molecule has 0 aliphatic heterocycles. The quantitative estimate of drug-likeness (QED) is 0.611. The van der Waals surface area contributed by atoms with E-state index in [1.54, 1.807) is 12.2 Å². The van der Waals surface area contributed by atoms with Gasteiger partial charge in [0, 0.05) is 4.48 Å². The van der Waals surface area contributed by atoms with Crippen LogP contribution in [0.1, 0.15) is 13.8 Å². The van der Waals surface area contributed by atoms with Crippen LogP contribution in [0.4, 0.5) is 0 Å². The van der Waals surface area contributed by atoms with E-state index < -0.39 is 11.6 Å². The fourth-order valence-corrected chi connectivity index (χ4v) is 0.721. The van der Waals surface area contributed by atoms with Gasteiger partial charge in [-0.25, -0.2) is 4.79 Å². The lowest BCUT2D eigenvalue weighted by molar-refractivity contribution is -0.156. The van der Waals surface area contributed by atoms with Crippen LogP contribution in [0.5, 0.6) is 0 Å². The first kappa shape index (κ1) is 13.0. The van der Waals surface area contributed by atoms with Crippen LogP contribution in [0.25, 0.3) is 0 Å². The minimum absolute atomic E-state index is 0.276. The molecule has 78 valence electrons. The molecular weight excluding hydrogens is 248 g/mol. The Labute approximate surface area is 91.9 Å². The van der Waals surface area contributed by atoms with Gasteiger partial charge in [-0.15, -0.1) is 0 Å². The molecular formula is C10H13BrO3. The number of halogens is 1. The van der Waals surface area contributed by atoms with E-state index in [2.05, 4.69) is 29.1 Å². The number of carbonyl (C=O) groups is 1. The third-order valence-electron chi connectivity index (χ3n) is 1.35. The minimum atomic E-state index is -1.27. The summed E-state index contributed by atoms with van der Waals surface area (Å²) in [5.74, 6) is -0.761. The average Bonchev–Trinajstić information content (AvgIpc) is 1.99. The number of allylic oxidation sites excluding steroid dienone is 3. The Morgan fingerprint density at radius 2 is 1.93 bits per heavy atom. The molecule has 4 heteroatoms. The van der Waals surface area contributed by atoms with Crippen LogP contribution < -0.4 is 0 Å². The molecule has 0 aromatic heterocycles. The van der Waals surface area contributed by atoms with Gasteiger partial charge in [0.2, 0.25) is 0 Å². The summed E-state index contributed by atoms with van der Waals surface area (Å²) in [5.41, 5.74) is -1.27. The summed E-state index contributed by atoms with van der Waals surface area (Å²) in [6, 6.07) is 0. The third kappa shape index (κ3) is 4.87. The van der Waals surface area contributed by atoms with E-state index in [9.17, 15) is 4.79 Å². The van der Waals surface area contributed by atoms with Crippen LogP contribution in [-0.2, 0) is 9.53 Å². The molecule has 0 atom stereocenters. The van der Waals surface area contributed by atoms with Crippen LogP contribution in [-0.4, -0.2) is 16.7 Å². The lowest BCUT2D eigenvalue weighted by Gasteiger charge is -2.21. The largest absolute Gasteiger partial charge is 0.478 e. The van der Waals surface area contributed by atoms with Gasteiger partial charge >= 0.3 is 5.97 Å². The zero-order chi connectivity index (χ0) is 11.4. The summed E-state index contributed by atoms with van der Waals surface area (Å²) in [6.07, 6.45) is 3.17. The molecule has 3 nitrogen and oxygen atoms in total. The second kappa shape index (κ2) is 5.00. The summed E-state index contributed by atoms with van der Waals surface area (Å²) in [7, 11) is 0. The summed E-state index contributed by atoms with van der Waals surface area (Å²) in [6.45, 7) is 10.0. The van der Waals surface area contributed by atoms with Gasteiger partial charge in [-0.2, -0.15) is 0 Å². The lowest BCUT2D eigenvalue weighted by atomic mass is 10.1. The molecule has 0 rings (SSSR count). The Hall–Kier alpha value is -1.03. The summed E-state index contributed by atoms with van der Waals surface area (Å²) >= 11 is 3.12. The molecule has 0 radical (unpaired) electrons. The Morgan fingerprint density at radius 3 is 2.29 bits per heavy atom. The van der Waals surface area contributed by atoms with Crippen molar-refractivity contribution in [2.45, 2.75) is 19.4 Å². The van der Waals surface area contributed by atoms with E-state index in [0.29, 0.717) is 4.48 Å². The van der Waals surface area contributed by atoms with Crippen molar-refractivity contribution in [3.63, 3.8) is 0 Å². The van der Waals surface area contributed by atoms with Gasteiger partial charge in [-0.3, -0.25) is 0 Å². The molecule has 0 unspecified atom stereocenters. The van der Waals surface area contributed by atoms with Crippen molar-refractivity contribution in [2.75, 3.05) is 0 Å².